The number of hydrogen-bond donors (Lipinski definition) is 0. The van der Waals surface area contributed by atoms with Crippen molar-refractivity contribution in [3.05, 3.63) is 237 Å². The minimum Gasteiger partial charge on any atom is -0.456 e. The van der Waals surface area contributed by atoms with Crippen molar-refractivity contribution >= 4 is 103 Å². The fraction of sp³-hybridized carbons (Fsp3) is 0. The predicted octanol–water partition coefficient (Wildman–Crippen LogP) is 19.1. The first-order chi connectivity index (χ1) is 33.7. The molecule has 0 aliphatic carbocycles. The van der Waals surface area contributed by atoms with E-state index in [-0.39, 0.29) is 0 Å². The van der Waals surface area contributed by atoms with Crippen LogP contribution < -0.4 is 4.90 Å². The van der Waals surface area contributed by atoms with Crippen molar-refractivity contribution in [3.63, 3.8) is 0 Å². The van der Waals surface area contributed by atoms with Crippen molar-refractivity contribution in [3.8, 4) is 44.5 Å². The molecule has 0 spiro atoms. The van der Waals surface area contributed by atoms with E-state index >= 15 is 0 Å². The number of furan rings is 2. The number of anilines is 3. The summed E-state index contributed by atoms with van der Waals surface area (Å²) in [6.45, 7) is 0. The maximum absolute atomic E-state index is 6.27. The van der Waals surface area contributed by atoms with Crippen LogP contribution in [-0.4, -0.2) is 0 Å². The normalized spacial score (nSPS) is 11.8. The van der Waals surface area contributed by atoms with Crippen LogP contribution in [0, 0.1) is 0 Å². The van der Waals surface area contributed by atoms with Gasteiger partial charge >= 0.3 is 0 Å². The summed E-state index contributed by atoms with van der Waals surface area (Å²) >= 11 is 1.86. The highest BCUT2D eigenvalue weighted by molar-refractivity contribution is 7.25. The highest BCUT2D eigenvalue weighted by atomic mass is 32.1. The monoisotopic (exact) mass is 885 g/mol. The van der Waals surface area contributed by atoms with Crippen molar-refractivity contribution in [2.24, 2.45) is 0 Å². The number of nitrogens with zero attached hydrogens (tertiary/aromatic N) is 1. The zero-order chi connectivity index (χ0) is 44.7. The Morgan fingerprint density at radius 2 is 0.735 bits per heavy atom. The van der Waals surface area contributed by atoms with Crippen molar-refractivity contribution in [2.75, 3.05) is 4.90 Å². The summed E-state index contributed by atoms with van der Waals surface area (Å²) in [6.07, 6.45) is 0. The zero-order valence-electron chi connectivity index (χ0n) is 36.7. The Labute approximate surface area is 396 Å². The summed E-state index contributed by atoms with van der Waals surface area (Å²) in [6, 6.07) is 85.3. The minimum absolute atomic E-state index is 0.897. The lowest BCUT2D eigenvalue weighted by molar-refractivity contribution is 0.668. The average molecular weight is 886 g/mol. The smallest absolute Gasteiger partial charge is 0.136 e. The minimum atomic E-state index is 0.897. The van der Waals surface area contributed by atoms with Crippen molar-refractivity contribution < 1.29 is 8.83 Å². The lowest BCUT2D eigenvalue weighted by Crippen LogP contribution is -2.09. The van der Waals surface area contributed by atoms with Gasteiger partial charge in [-0.05, 0) is 146 Å². The lowest BCUT2D eigenvalue weighted by Gasteiger charge is -2.26. The summed E-state index contributed by atoms with van der Waals surface area (Å²) in [5.41, 5.74) is 16.3. The standard InChI is InChI=1S/C64H39NO2S/c1-4-14-57-53(9-1)54-36-29-47(39-60(54)67-57)46-22-21-44-37-43(19-20-45(44)38-46)40-23-30-48(31-24-40)65(49-32-25-41(26-33-49)51-12-7-16-59-63(51)55-10-2-5-15-58(55)66-59)50-34-27-42(28-35-50)52-13-8-18-62-64(52)56-11-3-6-17-61(56)68-62/h1-39H. The molecular formula is C64H39NO2S. The topological polar surface area (TPSA) is 29.5 Å². The number of hydrogen-bond acceptors (Lipinski definition) is 4. The molecule has 0 saturated heterocycles. The third-order valence-electron chi connectivity index (χ3n) is 13.7. The van der Waals surface area contributed by atoms with Gasteiger partial charge in [0.2, 0.25) is 0 Å². The maximum atomic E-state index is 6.27. The molecule has 14 rings (SSSR count). The number of fused-ring (bicyclic) bond motifs is 10. The Kier molecular flexibility index (Phi) is 8.76. The molecule has 0 unspecified atom stereocenters. The second kappa shape index (κ2) is 15.5. The molecule has 0 saturated carbocycles. The van der Waals surface area contributed by atoms with Gasteiger partial charge in [-0.25, -0.2) is 0 Å². The first-order valence-electron chi connectivity index (χ1n) is 23.0. The van der Waals surface area contributed by atoms with Crippen LogP contribution in [0.3, 0.4) is 0 Å². The van der Waals surface area contributed by atoms with Gasteiger partial charge < -0.3 is 13.7 Å². The van der Waals surface area contributed by atoms with E-state index in [4.69, 9.17) is 8.83 Å². The second-order valence-electron chi connectivity index (χ2n) is 17.6. The molecule has 0 aliphatic rings. The zero-order valence-corrected chi connectivity index (χ0v) is 37.5. The van der Waals surface area contributed by atoms with Crippen LogP contribution >= 0.6 is 11.3 Å². The first kappa shape index (κ1) is 38.6. The molecule has 3 heterocycles. The van der Waals surface area contributed by atoms with Crippen LogP contribution in [0.15, 0.2) is 245 Å². The molecule has 0 amide bonds. The van der Waals surface area contributed by atoms with E-state index in [2.05, 4.69) is 217 Å². The molecule has 0 aliphatic heterocycles. The quantitative estimate of drug-likeness (QED) is 0.160. The van der Waals surface area contributed by atoms with Crippen LogP contribution in [0.1, 0.15) is 0 Å². The van der Waals surface area contributed by atoms with Crippen LogP contribution in [0.5, 0.6) is 0 Å². The lowest BCUT2D eigenvalue weighted by atomic mass is 9.97. The molecule has 68 heavy (non-hydrogen) atoms. The molecule has 0 atom stereocenters. The molecule has 14 aromatic rings. The fourth-order valence-electron chi connectivity index (χ4n) is 10.4. The molecule has 11 aromatic carbocycles. The summed E-state index contributed by atoms with van der Waals surface area (Å²) in [7, 11) is 0. The Morgan fingerprint density at radius 3 is 1.43 bits per heavy atom. The van der Waals surface area contributed by atoms with Gasteiger partial charge in [0.1, 0.15) is 22.3 Å². The van der Waals surface area contributed by atoms with Crippen molar-refractivity contribution in [1.29, 1.82) is 0 Å². The largest absolute Gasteiger partial charge is 0.456 e. The average Bonchev–Trinajstić information content (AvgIpc) is 4.10. The summed E-state index contributed by atoms with van der Waals surface area (Å²) in [5, 5.41) is 9.59. The first-order valence-corrected chi connectivity index (χ1v) is 23.9. The molecule has 4 heteroatoms. The van der Waals surface area contributed by atoms with Gasteiger partial charge in [-0.3, -0.25) is 0 Å². The summed E-state index contributed by atoms with van der Waals surface area (Å²) in [4.78, 5) is 2.36. The van der Waals surface area contributed by atoms with Crippen LogP contribution in [0.2, 0.25) is 0 Å². The van der Waals surface area contributed by atoms with Gasteiger partial charge in [-0.1, -0.05) is 146 Å². The number of rotatable bonds is 7. The van der Waals surface area contributed by atoms with Crippen LogP contribution in [0.4, 0.5) is 17.1 Å². The van der Waals surface area contributed by atoms with Gasteiger partial charge in [0.15, 0.2) is 0 Å². The van der Waals surface area contributed by atoms with E-state index in [1.165, 1.54) is 53.2 Å². The van der Waals surface area contributed by atoms with E-state index in [0.29, 0.717) is 0 Å². The van der Waals surface area contributed by atoms with Crippen molar-refractivity contribution in [1.82, 2.24) is 0 Å². The summed E-state index contributed by atoms with van der Waals surface area (Å²) in [5.74, 6) is 0. The highest BCUT2D eigenvalue weighted by Crippen LogP contribution is 2.43. The Balaban J connectivity index is 0.817. The van der Waals surface area contributed by atoms with Crippen LogP contribution in [0.25, 0.3) is 119 Å². The molecule has 0 radical (unpaired) electrons. The molecule has 0 N–H and O–H groups in total. The third kappa shape index (κ3) is 6.34. The van der Waals surface area contributed by atoms with E-state index in [0.717, 1.165) is 83.2 Å². The fourth-order valence-corrected chi connectivity index (χ4v) is 11.5. The third-order valence-corrected chi connectivity index (χ3v) is 14.8. The summed E-state index contributed by atoms with van der Waals surface area (Å²) < 4.78 is 15.1. The maximum Gasteiger partial charge on any atom is 0.136 e. The number of thiophene rings is 1. The van der Waals surface area contributed by atoms with Gasteiger partial charge in [-0.15, -0.1) is 11.3 Å². The molecular weight excluding hydrogens is 847 g/mol. The molecule has 0 bridgehead atoms. The van der Waals surface area contributed by atoms with Gasteiger partial charge in [0.05, 0.1) is 0 Å². The molecule has 0 fully saturated rings. The number of para-hydroxylation sites is 2. The number of benzene rings is 11. The van der Waals surface area contributed by atoms with E-state index < -0.39 is 0 Å². The molecule has 3 aromatic heterocycles. The van der Waals surface area contributed by atoms with Gasteiger partial charge in [-0.2, -0.15) is 0 Å². The second-order valence-corrected chi connectivity index (χ2v) is 18.7. The van der Waals surface area contributed by atoms with Crippen molar-refractivity contribution in [2.45, 2.75) is 0 Å². The van der Waals surface area contributed by atoms with E-state index in [1.54, 1.807) is 0 Å². The molecule has 318 valence electrons. The van der Waals surface area contributed by atoms with E-state index in [1.807, 2.05) is 35.6 Å². The molecule has 3 nitrogen and oxygen atoms in total. The van der Waals surface area contributed by atoms with Crippen LogP contribution in [-0.2, 0) is 0 Å². The Bertz CT molecular complexity index is 4090. The van der Waals surface area contributed by atoms with E-state index in [9.17, 15) is 0 Å². The van der Waals surface area contributed by atoms with Gasteiger partial charge in [0, 0.05) is 58.8 Å². The predicted molar refractivity (Wildman–Crippen MR) is 288 cm³/mol. The highest BCUT2D eigenvalue weighted by Gasteiger charge is 2.18. The van der Waals surface area contributed by atoms with Gasteiger partial charge in [0.25, 0.3) is 0 Å². The Morgan fingerprint density at radius 1 is 0.279 bits per heavy atom. The Hall–Kier alpha value is -8.70. The SMILES string of the molecule is c1ccc2c(c1)oc1cc(-c3ccc4cc(-c5ccc(N(c6ccc(-c7cccc8oc9ccccc9c78)cc6)c6ccc(-c7cccc8sc9ccccc9c78)cc6)cc5)ccc4c3)ccc12.